The molecule has 0 bridgehead atoms. The minimum atomic E-state index is -4.10. The highest BCUT2D eigenvalue weighted by atomic mass is 79.9. The van der Waals surface area contributed by atoms with Gasteiger partial charge < -0.3 is 9.47 Å². The lowest BCUT2D eigenvalue weighted by Crippen LogP contribution is -2.32. The van der Waals surface area contributed by atoms with Gasteiger partial charge in [0.25, 0.3) is 10.0 Å². The van der Waals surface area contributed by atoms with Crippen LogP contribution in [0.25, 0.3) is 0 Å². The molecule has 0 radical (unpaired) electrons. The molecule has 1 aliphatic rings. The number of aromatic nitrogens is 3. The number of halogens is 3. The van der Waals surface area contributed by atoms with Gasteiger partial charge in [0.2, 0.25) is 5.88 Å². The van der Waals surface area contributed by atoms with Gasteiger partial charge in [-0.15, -0.1) is 0 Å². The first-order chi connectivity index (χ1) is 16.7. The quantitative estimate of drug-likeness (QED) is 0.407. The maximum atomic E-state index is 13.5. The Bertz CT molecular complexity index is 1370. The number of ether oxygens (including phenoxy) is 2. The molecule has 1 aromatic carbocycles. The normalized spacial score (nSPS) is 15.5. The van der Waals surface area contributed by atoms with Crippen LogP contribution in [0.2, 0.25) is 0 Å². The van der Waals surface area contributed by atoms with Gasteiger partial charge in [0.15, 0.2) is 16.7 Å². The number of carbonyl (C=O) groups excluding carboxylic acids is 1. The molecule has 4 rings (SSSR count). The molecule has 0 fully saturated rings. The minimum Gasteiger partial charge on any atom is -0.465 e. The van der Waals surface area contributed by atoms with Crippen LogP contribution < -0.4 is 9.46 Å². The monoisotopic (exact) mass is 570 g/mol. The lowest BCUT2D eigenvalue weighted by atomic mass is 9.94. The van der Waals surface area contributed by atoms with E-state index in [1.807, 2.05) is 0 Å². The molecule has 2 aromatic heterocycles. The Hall–Kier alpha value is -2.90. The maximum absolute atomic E-state index is 13.5. The standard InChI is InChI=1S/C22H21BrF2N4O5S/c1-2-33-21(30)12-29-19-5-3-4-18(14(19)11-26-29)28-35(31,32)20-9-7-15(23)22(27-20)34-13-6-8-16(24)17(25)10-13/h6-11,18,28H,2-5,12H2,1H3. The molecule has 1 unspecified atom stereocenters. The van der Waals surface area contributed by atoms with Crippen molar-refractivity contribution in [2.75, 3.05) is 6.61 Å². The Balaban J connectivity index is 1.55. The van der Waals surface area contributed by atoms with Crippen molar-refractivity contribution < 1.29 is 31.5 Å². The first-order valence-electron chi connectivity index (χ1n) is 10.7. The van der Waals surface area contributed by atoms with Gasteiger partial charge >= 0.3 is 5.97 Å². The third-order valence-electron chi connectivity index (χ3n) is 5.31. The largest absolute Gasteiger partial charge is 0.465 e. The average molecular weight is 571 g/mol. The second kappa shape index (κ2) is 10.4. The number of rotatable bonds is 8. The van der Waals surface area contributed by atoms with Crippen LogP contribution in [0.4, 0.5) is 8.78 Å². The van der Waals surface area contributed by atoms with Crippen LogP contribution in [0.1, 0.15) is 37.1 Å². The van der Waals surface area contributed by atoms with Crippen molar-refractivity contribution in [3.8, 4) is 11.6 Å². The summed E-state index contributed by atoms with van der Waals surface area (Å²) in [5, 5.41) is 3.93. The zero-order valence-corrected chi connectivity index (χ0v) is 20.9. The number of sulfonamides is 1. The number of hydrogen-bond donors (Lipinski definition) is 1. The second-order valence-electron chi connectivity index (χ2n) is 7.69. The van der Waals surface area contributed by atoms with Crippen molar-refractivity contribution in [1.29, 1.82) is 0 Å². The van der Waals surface area contributed by atoms with Gasteiger partial charge in [-0.05, 0) is 66.4 Å². The summed E-state index contributed by atoms with van der Waals surface area (Å²) in [7, 11) is -4.10. The molecule has 0 spiro atoms. The Morgan fingerprint density at radius 3 is 2.80 bits per heavy atom. The molecule has 35 heavy (non-hydrogen) atoms. The predicted molar refractivity (Wildman–Crippen MR) is 123 cm³/mol. The van der Waals surface area contributed by atoms with E-state index in [0.29, 0.717) is 29.3 Å². The van der Waals surface area contributed by atoms with E-state index in [1.165, 1.54) is 22.9 Å². The second-order valence-corrected chi connectivity index (χ2v) is 10.2. The summed E-state index contributed by atoms with van der Waals surface area (Å²) in [5.41, 5.74) is 1.45. The molecular weight excluding hydrogens is 550 g/mol. The van der Waals surface area contributed by atoms with Crippen LogP contribution in [0.15, 0.2) is 46.0 Å². The van der Waals surface area contributed by atoms with Crippen molar-refractivity contribution in [2.45, 2.75) is 43.8 Å². The topological polar surface area (TPSA) is 112 Å². The van der Waals surface area contributed by atoms with Gasteiger partial charge in [0, 0.05) is 17.3 Å². The lowest BCUT2D eigenvalue weighted by molar-refractivity contribution is -0.144. The number of nitrogens with one attached hydrogen (secondary N) is 1. The molecule has 1 atom stereocenters. The molecule has 9 nitrogen and oxygen atoms in total. The van der Waals surface area contributed by atoms with Crippen molar-refractivity contribution in [1.82, 2.24) is 19.5 Å². The van der Waals surface area contributed by atoms with E-state index in [4.69, 9.17) is 9.47 Å². The van der Waals surface area contributed by atoms with Crippen molar-refractivity contribution in [3.63, 3.8) is 0 Å². The van der Waals surface area contributed by atoms with Gasteiger partial charge in [-0.1, -0.05) is 0 Å². The van der Waals surface area contributed by atoms with Gasteiger partial charge in [0.05, 0.1) is 23.3 Å². The summed E-state index contributed by atoms with van der Waals surface area (Å²) < 4.78 is 67.9. The highest BCUT2D eigenvalue weighted by Gasteiger charge is 2.30. The molecule has 3 aromatic rings. The summed E-state index contributed by atoms with van der Waals surface area (Å²) in [4.78, 5) is 15.9. The van der Waals surface area contributed by atoms with Crippen LogP contribution in [0, 0.1) is 11.6 Å². The Kier molecular flexibility index (Phi) is 7.47. The van der Waals surface area contributed by atoms with E-state index in [9.17, 15) is 22.0 Å². The molecule has 186 valence electrons. The lowest BCUT2D eigenvalue weighted by Gasteiger charge is -2.24. The Labute approximate surface area is 208 Å². The summed E-state index contributed by atoms with van der Waals surface area (Å²) in [6.07, 6.45) is 3.42. The number of esters is 1. The van der Waals surface area contributed by atoms with Crippen molar-refractivity contribution >= 4 is 31.9 Å². The minimum absolute atomic E-state index is 0.0504. The SMILES string of the molecule is CCOC(=O)Cn1ncc2c1CCCC2NS(=O)(=O)c1ccc(Br)c(Oc2ccc(F)c(F)c2)n1. The van der Waals surface area contributed by atoms with E-state index in [0.717, 1.165) is 17.8 Å². The van der Waals surface area contributed by atoms with Crippen LogP contribution in [0.3, 0.4) is 0 Å². The highest BCUT2D eigenvalue weighted by molar-refractivity contribution is 9.10. The smallest absolute Gasteiger partial charge is 0.327 e. The number of carbonyl (C=O) groups is 1. The zero-order chi connectivity index (χ0) is 25.2. The molecule has 1 aliphatic carbocycles. The average Bonchev–Trinajstić information content (AvgIpc) is 3.21. The molecule has 13 heteroatoms. The summed E-state index contributed by atoms with van der Waals surface area (Å²) >= 11 is 3.22. The van der Waals surface area contributed by atoms with E-state index >= 15 is 0 Å². The number of benzene rings is 1. The zero-order valence-electron chi connectivity index (χ0n) is 18.5. The number of hydrogen-bond acceptors (Lipinski definition) is 7. The predicted octanol–water partition coefficient (Wildman–Crippen LogP) is 4.03. The first-order valence-corrected chi connectivity index (χ1v) is 13.0. The summed E-state index contributed by atoms with van der Waals surface area (Å²) in [6, 6.07) is 5.08. The molecular formula is C22H21BrF2N4O5S. The van der Waals surface area contributed by atoms with Gasteiger partial charge in [0.1, 0.15) is 12.3 Å². The molecule has 0 saturated carbocycles. The van der Waals surface area contributed by atoms with Crippen LogP contribution >= 0.6 is 15.9 Å². The van der Waals surface area contributed by atoms with E-state index in [2.05, 4.69) is 30.7 Å². The number of pyridine rings is 1. The molecule has 0 aliphatic heterocycles. The van der Waals surface area contributed by atoms with E-state index in [1.54, 1.807) is 13.1 Å². The third kappa shape index (κ3) is 5.68. The van der Waals surface area contributed by atoms with Crippen molar-refractivity contribution in [2.24, 2.45) is 0 Å². The van der Waals surface area contributed by atoms with Crippen LogP contribution in [-0.4, -0.2) is 35.8 Å². The third-order valence-corrected chi connectivity index (χ3v) is 7.29. The fourth-order valence-corrected chi connectivity index (χ4v) is 5.23. The fourth-order valence-electron chi connectivity index (χ4n) is 3.73. The van der Waals surface area contributed by atoms with E-state index < -0.39 is 33.7 Å². The number of fused-ring (bicyclic) bond motifs is 1. The Morgan fingerprint density at radius 2 is 2.06 bits per heavy atom. The Morgan fingerprint density at radius 1 is 1.26 bits per heavy atom. The van der Waals surface area contributed by atoms with Crippen molar-refractivity contribution in [3.05, 3.63) is 63.9 Å². The summed E-state index contributed by atoms with van der Waals surface area (Å²) in [6.45, 7) is 1.92. The fraction of sp³-hybridized carbons (Fsp3) is 0.318. The van der Waals surface area contributed by atoms with Crippen LogP contribution in [-0.2, 0) is 32.5 Å². The molecule has 0 amide bonds. The molecule has 2 heterocycles. The van der Waals surface area contributed by atoms with E-state index in [-0.39, 0.29) is 29.8 Å². The number of nitrogens with zero attached hydrogens (tertiary/aromatic N) is 3. The molecule has 0 saturated heterocycles. The highest BCUT2D eigenvalue weighted by Crippen LogP contribution is 2.33. The van der Waals surface area contributed by atoms with Crippen LogP contribution in [0.5, 0.6) is 11.6 Å². The van der Waals surface area contributed by atoms with Gasteiger partial charge in [-0.3, -0.25) is 9.48 Å². The van der Waals surface area contributed by atoms with Gasteiger partial charge in [-0.25, -0.2) is 21.9 Å². The first kappa shape index (κ1) is 25.2. The summed E-state index contributed by atoms with van der Waals surface area (Å²) in [5.74, 6) is -2.76. The maximum Gasteiger partial charge on any atom is 0.327 e. The molecule has 1 N–H and O–H groups in total. The van der Waals surface area contributed by atoms with Gasteiger partial charge in [-0.2, -0.15) is 10.1 Å².